The van der Waals surface area contributed by atoms with Crippen molar-refractivity contribution in [2.45, 2.75) is 50.5 Å². The number of hydrogen-bond donors (Lipinski definition) is 0. The van der Waals surface area contributed by atoms with Gasteiger partial charge >= 0.3 is 0 Å². The second kappa shape index (κ2) is 10.1. The first-order chi connectivity index (χ1) is 22.9. The molecule has 0 bridgehead atoms. The van der Waals surface area contributed by atoms with Crippen LogP contribution < -0.4 is 4.90 Å². The van der Waals surface area contributed by atoms with Gasteiger partial charge < -0.3 is 4.90 Å². The maximum absolute atomic E-state index is 5.39. The fourth-order valence-corrected chi connectivity index (χ4v) is 8.71. The molecule has 0 N–H and O–H groups in total. The molecule has 0 saturated heterocycles. The van der Waals surface area contributed by atoms with Crippen molar-refractivity contribution in [2.75, 3.05) is 4.90 Å². The molecule has 2 atom stereocenters. The summed E-state index contributed by atoms with van der Waals surface area (Å²) in [6, 6.07) is 47.6. The van der Waals surface area contributed by atoms with Gasteiger partial charge in [-0.25, -0.2) is 4.98 Å². The van der Waals surface area contributed by atoms with Gasteiger partial charge in [-0.1, -0.05) is 161 Å². The molecule has 0 amide bonds. The minimum Gasteiger partial charge on any atom is -0.301 e. The third kappa shape index (κ3) is 3.97. The topological polar surface area (TPSA) is 41.9 Å². The van der Waals surface area contributed by atoms with Gasteiger partial charge in [-0.2, -0.15) is 9.97 Å². The van der Waals surface area contributed by atoms with E-state index in [1.165, 1.54) is 44.7 Å². The molecule has 4 nitrogen and oxygen atoms in total. The van der Waals surface area contributed by atoms with Crippen LogP contribution in [0.25, 0.3) is 34.0 Å². The Kier molecular flexibility index (Phi) is 5.98. The fraction of sp³-hybridized carbons (Fsp3) is 0.186. The smallest absolute Gasteiger partial charge is 0.234 e. The van der Waals surface area contributed by atoms with Crippen molar-refractivity contribution >= 4 is 17.2 Å². The van der Waals surface area contributed by atoms with Crippen LogP contribution in [0.4, 0.5) is 5.95 Å². The Morgan fingerprint density at radius 1 is 0.511 bits per heavy atom. The normalized spacial score (nSPS) is 19.7. The molecule has 2 heterocycles. The molecule has 228 valence electrons. The van der Waals surface area contributed by atoms with Crippen LogP contribution in [0, 0.1) is 0 Å². The molecule has 4 heteroatoms. The summed E-state index contributed by atoms with van der Waals surface area (Å²) < 4.78 is 0. The van der Waals surface area contributed by atoms with Gasteiger partial charge in [0.15, 0.2) is 11.6 Å². The molecule has 1 aromatic heterocycles. The van der Waals surface area contributed by atoms with Crippen LogP contribution >= 0.6 is 0 Å². The van der Waals surface area contributed by atoms with E-state index < -0.39 is 0 Å². The third-order valence-corrected chi connectivity index (χ3v) is 10.8. The highest BCUT2D eigenvalue weighted by Crippen LogP contribution is 2.65. The maximum Gasteiger partial charge on any atom is 0.234 e. The van der Waals surface area contributed by atoms with E-state index in [-0.39, 0.29) is 22.8 Å². The predicted molar refractivity (Wildman–Crippen MR) is 191 cm³/mol. The van der Waals surface area contributed by atoms with E-state index in [1.807, 2.05) is 36.4 Å². The molecule has 0 radical (unpaired) electrons. The zero-order valence-electron chi connectivity index (χ0n) is 27.1. The molecule has 47 heavy (non-hydrogen) atoms. The van der Waals surface area contributed by atoms with Crippen LogP contribution in [0.15, 0.2) is 133 Å². The number of aromatic nitrogens is 3. The van der Waals surface area contributed by atoms with E-state index in [1.54, 1.807) is 0 Å². The number of fused-ring (bicyclic) bond motifs is 8. The summed E-state index contributed by atoms with van der Waals surface area (Å²) in [7, 11) is 0. The minimum atomic E-state index is -0.236. The largest absolute Gasteiger partial charge is 0.301 e. The lowest BCUT2D eigenvalue weighted by atomic mass is 9.70. The molecule has 2 unspecified atom stereocenters. The van der Waals surface area contributed by atoms with Crippen molar-refractivity contribution in [2.24, 2.45) is 0 Å². The van der Waals surface area contributed by atoms with E-state index in [9.17, 15) is 0 Å². The van der Waals surface area contributed by atoms with Crippen LogP contribution in [0.5, 0.6) is 0 Å². The van der Waals surface area contributed by atoms with Crippen LogP contribution in [-0.4, -0.2) is 15.0 Å². The van der Waals surface area contributed by atoms with Gasteiger partial charge in [-0.15, -0.1) is 0 Å². The Labute approximate surface area is 276 Å². The molecule has 2 aliphatic carbocycles. The van der Waals surface area contributed by atoms with Crippen molar-refractivity contribution in [3.63, 3.8) is 0 Å². The fourth-order valence-electron chi connectivity index (χ4n) is 8.71. The molecule has 3 aliphatic rings. The summed E-state index contributed by atoms with van der Waals surface area (Å²) in [6.07, 6.45) is 0. The predicted octanol–water partition coefficient (Wildman–Crippen LogP) is 10.0. The van der Waals surface area contributed by atoms with E-state index >= 15 is 0 Å². The van der Waals surface area contributed by atoms with E-state index in [0.29, 0.717) is 17.6 Å². The monoisotopic (exact) mass is 608 g/mol. The van der Waals surface area contributed by atoms with Crippen molar-refractivity contribution < 1.29 is 0 Å². The van der Waals surface area contributed by atoms with Crippen molar-refractivity contribution in [1.29, 1.82) is 0 Å². The van der Waals surface area contributed by atoms with Crippen LogP contribution in [0.3, 0.4) is 0 Å². The third-order valence-electron chi connectivity index (χ3n) is 10.8. The summed E-state index contributed by atoms with van der Waals surface area (Å²) in [6.45, 7) is 9.58. The Morgan fingerprint density at radius 2 is 1.02 bits per heavy atom. The van der Waals surface area contributed by atoms with Crippen LogP contribution in [0.1, 0.15) is 73.0 Å². The zero-order chi connectivity index (χ0) is 31.9. The van der Waals surface area contributed by atoms with Gasteiger partial charge in [0, 0.05) is 28.0 Å². The average molecular weight is 609 g/mol. The van der Waals surface area contributed by atoms with Gasteiger partial charge in [0.2, 0.25) is 5.95 Å². The molecule has 0 saturated carbocycles. The second-order valence-electron chi connectivity index (χ2n) is 14.1. The Bertz CT molecular complexity index is 2160. The van der Waals surface area contributed by atoms with Gasteiger partial charge in [0.05, 0.1) is 11.7 Å². The molecule has 0 fully saturated rings. The summed E-state index contributed by atoms with van der Waals surface area (Å²) in [5.41, 5.74) is 12.1. The molecule has 1 aliphatic heterocycles. The Balaban J connectivity index is 1.43. The lowest BCUT2D eigenvalue weighted by Crippen LogP contribution is -2.34. The molecule has 0 spiro atoms. The standard InChI is InChI=1S/C43H36N4/c1-42(2)33-25-15-13-23-31(33)37-35(42)29-21-11-12-22-30(29)36-38(32-24-14-16-26-34(32)43(36,3)4)47(37)41-45-39(27-17-7-5-8-18-27)44-40(46-41)28-19-9-6-10-20-28/h5-26,35,37H,1-4H3. The molecular formula is C43H36N4. The van der Waals surface area contributed by atoms with Gasteiger partial charge in [0.25, 0.3) is 0 Å². The summed E-state index contributed by atoms with van der Waals surface area (Å²) >= 11 is 0. The van der Waals surface area contributed by atoms with Gasteiger partial charge in [-0.3, -0.25) is 0 Å². The molecular weight excluding hydrogens is 573 g/mol. The zero-order valence-corrected chi connectivity index (χ0v) is 27.1. The highest BCUT2D eigenvalue weighted by molar-refractivity contribution is 6.07. The van der Waals surface area contributed by atoms with Crippen LogP contribution in [-0.2, 0) is 10.8 Å². The number of benzene rings is 5. The molecule has 6 aromatic rings. The molecule has 9 rings (SSSR count). The van der Waals surface area contributed by atoms with Gasteiger partial charge in [0.1, 0.15) is 0 Å². The first-order valence-corrected chi connectivity index (χ1v) is 16.5. The van der Waals surface area contributed by atoms with Gasteiger partial charge in [-0.05, 0) is 38.8 Å². The minimum absolute atomic E-state index is 0.0357. The van der Waals surface area contributed by atoms with Crippen molar-refractivity contribution in [3.8, 4) is 22.8 Å². The number of hydrogen-bond acceptors (Lipinski definition) is 4. The SMILES string of the molecule is CC1(C)C2=C(c3ccccc31)N(c1nc(-c3ccccc3)nc(-c3ccccc3)n1)C1c3ccccc3C(C)(C)C1c1ccccc12. The highest BCUT2D eigenvalue weighted by atomic mass is 15.3. The van der Waals surface area contributed by atoms with E-state index in [4.69, 9.17) is 15.0 Å². The quantitative estimate of drug-likeness (QED) is 0.201. The maximum atomic E-state index is 5.39. The summed E-state index contributed by atoms with van der Waals surface area (Å²) in [5, 5.41) is 0. The Hall–Kier alpha value is -5.35. The lowest BCUT2D eigenvalue weighted by molar-refractivity contribution is 0.401. The number of nitrogens with zero attached hydrogens (tertiary/aromatic N) is 4. The van der Waals surface area contributed by atoms with Crippen molar-refractivity contribution in [3.05, 3.63) is 167 Å². The lowest BCUT2D eigenvalue weighted by Gasteiger charge is -2.38. The summed E-state index contributed by atoms with van der Waals surface area (Å²) in [5.74, 6) is 2.17. The second-order valence-corrected chi connectivity index (χ2v) is 14.1. The molecule has 5 aromatic carbocycles. The van der Waals surface area contributed by atoms with E-state index in [0.717, 1.165) is 11.1 Å². The first-order valence-electron chi connectivity index (χ1n) is 16.5. The first kappa shape index (κ1) is 27.9. The number of anilines is 1. The van der Waals surface area contributed by atoms with Crippen molar-refractivity contribution in [1.82, 2.24) is 15.0 Å². The van der Waals surface area contributed by atoms with E-state index in [2.05, 4.69) is 130 Å². The Morgan fingerprint density at radius 3 is 1.66 bits per heavy atom. The number of rotatable bonds is 3. The average Bonchev–Trinajstić information content (AvgIpc) is 3.41. The van der Waals surface area contributed by atoms with Crippen LogP contribution in [0.2, 0.25) is 0 Å². The summed E-state index contributed by atoms with van der Waals surface area (Å²) in [4.78, 5) is 18.4. The highest BCUT2D eigenvalue weighted by Gasteiger charge is 2.55. The number of allylic oxidation sites excluding steroid dienone is 1.